The van der Waals surface area contributed by atoms with Crippen LogP contribution in [0.5, 0.6) is 0 Å². The second kappa shape index (κ2) is 3.81. The predicted molar refractivity (Wildman–Crippen MR) is 60.4 cm³/mol. The lowest BCUT2D eigenvalue weighted by molar-refractivity contribution is 0.0564. The molecule has 2 rings (SSSR count). The number of rotatable bonds is 1. The van der Waals surface area contributed by atoms with Crippen molar-refractivity contribution >= 4 is 5.69 Å². The highest BCUT2D eigenvalue weighted by Gasteiger charge is 2.35. The molecule has 1 aliphatic rings. The first-order chi connectivity index (χ1) is 7.10. The van der Waals surface area contributed by atoms with Crippen LogP contribution >= 0.6 is 0 Å². The van der Waals surface area contributed by atoms with Crippen LogP contribution in [-0.4, -0.2) is 25.0 Å². The van der Waals surface area contributed by atoms with Gasteiger partial charge in [-0.3, -0.25) is 0 Å². The summed E-state index contributed by atoms with van der Waals surface area (Å²) in [5, 5.41) is 0. The molecule has 0 aromatic heterocycles. The lowest BCUT2D eigenvalue weighted by atomic mass is 9.87. The zero-order valence-electron chi connectivity index (χ0n) is 9.04. The number of halogens is 1. The minimum absolute atomic E-state index is 0.469. The largest absolute Gasteiger partial charge is 0.399 e. The Balaban J connectivity index is 2.28. The molecular formula is C12H17FN2. The van der Waals surface area contributed by atoms with Crippen molar-refractivity contribution in [3.8, 4) is 0 Å². The Morgan fingerprint density at radius 3 is 2.93 bits per heavy atom. The fourth-order valence-corrected chi connectivity index (χ4v) is 2.27. The molecule has 82 valence electrons. The monoisotopic (exact) mass is 208 g/mol. The van der Waals surface area contributed by atoms with E-state index in [-0.39, 0.29) is 0 Å². The maximum Gasteiger partial charge on any atom is 0.148 e. The molecule has 0 aliphatic carbocycles. The lowest BCUT2D eigenvalue weighted by Crippen LogP contribution is -2.41. The van der Waals surface area contributed by atoms with Gasteiger partial charge in [0, 0.05) is 12.2 Å². The molecule has 2 nitrogen and oxygen atoms in total. The first-order valence-corrected chi connectivity index (χ1v) is 5.34. The summed E-state index contributed by atoms with van der Waals surface area (Å²) in [6, 6.07) is 7.19. The molecule has 1 saturated heterocycles. The molecule has 0 saturated carbocycles. The Morgan fingerprint density at radius 2 is 2.27 bits per heavy atom. The third-order valence-corrected chi connectivity index (χ3v) is 3.04. The number of piperidine rings is 1. The molecule has 1 aromatic carbocycles. The van der Waals surface area contributed by atoms with Crippen LogP contribution in [0.1, 0.15) is 18.4 Å². The molecule has 1 aromatic rings. The fourth-order valence-electron chi connectivity index (χ4n) is 2.27. The number of nitrogens with two attached hydrogens (primary N) is 1. The van der Waals surface area contributed by atoms with E-state index >= 15 is 0 Å². The van der Waals surface area contributed by atoms with Crippen molar-refractivity contribution < 1.29 is 4.39 Å². The summed E-state index contributed by atoms with van der Waals surface area (Å²) in [7, 11) is 1.96. The maximum atomic E-state index is 14.6. The van der Waals surface area contributed by atoms with Crippen molar-refractivity contribution in [1.82, 2.24) is 4.90 Å². The van der Waals surface area contributed by atoms with Crippen LogP contribution < -0.4 is 5.73 Å². The molecule has 15 heavy (non-hydrogen) atoms. The number of nitrogen functional groups attached to an aromatic ring is 1. The second-order valence-electron chi connectivity index (χ2n) is 4.43. The molecule has 1 unspecified atom stereocenters. The molecule has 0 radical (unpaired) electrons. The molecule has 0 spiro atoms. The molecule has 1 fully saturated rings. The van der Waals surface area contributed by atoms with Crippen LogP contribution in [0.15, 0.2) is 24.3 Å². The summed E-state index contributed by atoms with van der Waals surface area (Å²) >= 11 is 0. The summed E-state index contributed by atoms with van der Waals surface area (Å²) in [4.78, 5) is 2.03. The van der Waals surface area contributed by atoms with Gasteiger partial charge in [-0.05, 0) is 44.1 Å². The predicted octanol–water partition coefficient (Wildman–Crippen LogP) is 2.16. The normalized spacial score (nSPS) is 27.9. The van der Waals surface area contributed by atoms with Gasteiger partial charge in [-0.2, -0.15) is 0 Å². The van der Waals surface area contributed by atoms with Gasteiger partial charge in [-0.1, -0.05) is 12.1 Å². The number of benzene rings is 1. The Labute approximate surface area is 89.9 Å². The van der Waals surface area contributed by atoms with Gasteiger partial charge in [-0.15, -0.1) is 0 Å². The van der Waals surface area contributed by atoms with Crippen LogP contribution in [0.25, 0.3) is 0 Å². The van der Waals surface area contributed by atoms with Crippen molar-refractivity contribution in [2.24, 2.45) is 0 Å². The summed E-state index contributed by atoms with van der Waals surface area (Å²) in [6.07, 6.45) is 1.50. The third-order valence-electron chi connectivity index (χ3n) is 3.04. The van der Waals surface area contributed by atoms with E-state index in [1.54, 1.807) is 12.1 Å². The summed E-state index contributed by atoms with van der Waals surface area (Å²) < 4.78 is 14.6. The van der Waals surface area contributed by atoms with E-state index in [1.807, 2.05) is 24.1 Å². The van der Waals surface area contributed by atoms with Crippen LogP contribution in [0.2, 0.25) is 0 Å². The van der Waals surface area contributed by atoms with Gasteiger partial charge in [0.05, 0.1) is 0 Å². The van der Waals surface area contributed by atoms with Crippen molar-refractivity contribution in [1.29, 1.82) is 0 Å². The molecule has 0 amide bonds. The quantitative estimate of drug-likeness (QED) is 0.717. The van der Waals surface area contributed by atoms with Gasteiger partial charge in [0.15, 0.2) is 0 Å². The lowest BCUT2D eigenvalue weighted by Gasteiger charge is -2.35. The van der Waals surface area contributed by atoms with E-state index in [1.165, 1.54) is 0 Å². The molecule has 1 heterocycles. The smallest absolute Gasteiger partial charge is 0.148 e. The first-order valence-electron chi connectivity index (χ1n) is 5.34. The van der Waals surface area contributed by atoms with Gasteiger partial charge >= 0.3 is 0 Å². The van der Waals surface area contributed by atoms with E-state index in [4.69, 9.17) is 5.73 Å². The van der Waals surface area contributed by atoms with Crippen LogP contribution in [0.3, 0.4) is 0 Å². The molecule has 1 atom stereocenters. The highest BCUT2D eigenvalue weighted by atomic mass is 19.1. The van der Waals surface area contributed by atoms with E-state index in [0.29, 0.717) is 24.2 Å². The van der Waals surface area contributed by atoms with Gasteiger partial charge in [0.25, 0.3) is 0 Å². The van der Waals surface area contributed by atoms with Crippen LogP contribution in [-0.2, 0) is 5.67 Å². The summed E-state index contributed by atoms with van der Waals surface area (Å²) in [5.74, 6) is 0. The first kappa shape index (κ1) is 10.4. The highest BCUT2D eigenvalue weighted by molar-refractivity contribution is 5.43. The zero-order valence-corrected chi connectivity index (χ0v) is 9.04. The zero-order chi connectivity index (χ0) is 10.9. The SMILES string of the molecule is CN1CCCC(F)(c2cccc(N)c2)C1. The van der Waals surface area contributed by atoms with Crippen LogP contribution in [0.4, 0.5) is 10.1 Å². The molecule has 3 heteroatoms. The Bertz CT molecular complexity index is 353. The number of hydrogen-bond acceptors (Lipinski definition) is 2. The number of anilines is 1. The summed E-state index contributed by atoms with van der Waals surface area (Å²) in [5.41, 5.74) is 5.81. The number of alkyl halides is 1. The standard InChI is InChI=1S/C12H17FN2/c1-15-7-3-6-12(13,9-15)10-4-2-5-11(14)8-10/h2,4-5,8H,3,6-7,9,14H2,1H3. The highest BCUT2D eigenvalue weighted by Crippen LogP contribution is 2.35. The van der Waals surface area contributed by atoms with Gasteiger partial charge in [0.2, 0.25) is 0 Å². The Hall–Kier alpha value is -1.09. The van der Waals surface area contributed by atoms with Crippen molar-refractivity contribution in [2.75, 3.05) is 25.9 Å². The minimum atomic E-state index is -1.22. The van der Waals surface area contributed by atoms with Crippen molar-refractivity contribution in [3.63, 3.8) is 0 Å². The van der Waals surface area contributed by atoms with E-state index in [9.17, 15) is 4.39 Å². The number of likely N-dealkylation sites (tertiary alicyclic amines) is 1. The van der Waals surface area contributed by atoms with E-state index < -0.39 is 5.67 Å². The fraction of sp³-hybridized carbons (Fsp3) is 0.500. The van der Waals surface area contributed by atoms with Gasteiger partial charge in [-0.25, -0.2) is 4.39 Å². The molecule has 0 bridgehead atoms. The number of likely N-dealkylation sites (N-methyl/N-ethyl adjacent to an activating group) is 1. The Morgan fingerprint density at radius 1 is 1.47 bits per heavy atom. The van der Waals surface area contributed by atoms with Gasteiger partial charge in [0.1, 0.15) is 5.67 Å². The maximum absolute atomic E-state index is 14.6. The van der Waals surface area contributed by atoms with Crippen molar-refractivity contribution in [3.05, 3.63) is 29.8 Å². The van der Waals surface area contributed by atoms with E-state index in [0.717, 1.165) is 13.0 Å². The third kappa shape index (κ3) is 2.12. The van der Waals surface area contributed by atoms with Crippen LogP contribution in [0, 0.1) is 0 Å². The molecule has 1 aliphatic heterocycles. The second-order valence-corrected chi connectivity index (χ2v) is 4.43. The van der Waals surface area contributed by atoms with Crippen molar-refractivity contribution in [2.45, 2.75) is 18.5 Å². The Kier molecular flexibility index (Phi) is 2.65. The number of nitrogens with zero attached hydrogens (tertiary/aromatic N) is 1. The molecular weight excluding hydrogens is 191 g/mol. The summed E-state index contributed by atoms with van der Waals surface area (Å²) in [6.45, 7) is 1.45. The van der Waals surface area contributed by atoms with E-state index in [2.05, 4.69) is 0 Å². The number of hydrogen-bond donors (Lipinski definition) is 1. The molecule has 2 N–H and O–H groups in total. The average Bonchev–Trinajstić information content (AvgIpc) is 2.17. The topological polar surface area (TPSA) is 29.3 Å². The average molecular weight is 208 g/mol. The van der Waals surface area contributed by atoms with Gasteiger partial charge < -0.3 is 10.6 Å². The minimum Gasteiger partial charge on any atom is -0.399 e.